The maximum atomic E-state index is 5.87. The summed E-state index contributed by atoms with van der Waals surface area (Å²) in [7, 11) is 0. The van der Waals surface area contributed by atoms with E-state index in [9.17, 15) is 0 Å². The van der Waals surface area contributed by atoms with E-state index in [1.54, 1.807) is 0 Å². The van der Waals surface area contributed by atoms with Crippen LogP contribution in [0.4, 0.5) is 0 Å². The molecule has 1 saturated carbocycles. The molecule has 2 heteroatoms. The van der Waals surface area contributed by atoms with E-state index >= 15 is 0 Å². The summed E-state index contributed by atoms with van der Waals surface area (Å²) in [6.45, 7) is 5.55. The Bertz CT molecular complexity index is 445. The average Bonchev–Trinajstić information content (AvgIpc) is 2.67. The third-order valence-corrected chi connectivity index (χ3v) is 5.08. The van der Waals surface area contributed by atoms with Crippen molar-refractivity contribution in [2.75, 3.05) is 6.61 Å². The van der Waals surface area contributed by atoms with E-state index in [1.807, 2.05) is 0 Å². The molecule has 4 atom stereocenters. The Morgan fingerprint density at radius 1 is 1.00 bits per heavy atom. The van der Waals surface area contributed by atoms with Crippen molar-refractivity contribution in [1.82, 2.24) is 5.32 Å². The fraction of sp³-hybridized carbons (Fsp3) is 0.667. The van der Waals surface area contributed by atoms with E-state index in [1.165, 1.54) is 37.7 Å². The number of hydrogen-bond acceptors (Lipinski definition) is 2. The molecule has 0 radical (unpaired) electrons. The molecule has 1 fully saturated rings. The van der Waals surface area contributed by atoms with Crippen LogP contribution in [0, 0.1) is 11.8 Å². The van der Waals surface area contributed by atoms with E-state index in [4.69, 9.17) is 4.74 Å². The first-order valence-electron chi connectivity index (χ1n) is 8.23. The molecule has 4 unspecified atom stereocenters. The second-order valence-electron chi connectivity index (χ2n) is 6.69. The molecule has 0 saturated heterocycles. The van der Waals surface area contributed by atoms with E-state index in [0.29, 0.717) is 18.0 Å². The predicted octanol–water partition coefficient (Wildman–Crippen LogP) is 4.31. The number of benzene rings is 1. The fourth-order valence-corrected chi connectivity index (χ4v) is 3.72. The van der Waals surface area contributed by atoms with Crippen molar-refractivity contribution in [3.63, 3.8) is 0 Å². The first-order chi connectivity index (χ1) is 9.75. The summed E-state index contributed by atoms with van der Waals surface area (Å²) < 4.78 is 5.87. The maximum absolute atomic E-state index is 5.87. The van der Waals surface area contributed by atoms with Crippen molar-refractivity contribution in [1.29, 1.82) is 0 Å². The first-order valence-corrected chi connectivity index (χ1v) is 8.23. The summed E-state index contributed by atoms with van der Waals surface area (Å²) in [6, 6.07) is 9.64. The summed E-state index contributed by atoms with van der Waals surface area (Å²) in [5.74, 6) is 2.41. The predicted molar refractivity (Wildman–Crippen MR) is 83.0 cm³/mol. The molecule has 1 N–H and O–H groups in total. The number of rotatable bonds is 2. The van der Waals surface area contributed by atoms with Crippen LogP contribution in [-0.4, -0.2) is 12.6 Å². The Labute approximate surface area is 122 Å². The molecule has 0 aromatic heterocycles. The largest absolute Gasteiger partial charge is 0.493 e. The second kappa shape index (κ2) is 6.17. The lowest BCUT2D eigenvalue weighted by Crippen LogP contribution is -2.42. The van der Waals surface area contributed by atoms with Gasteiger partial charge in [0.05, 0.1) is 6.61 Å². The van der Waals surface area contributed by atoms with Crippen LogP contribution in [-0.2, 0) is 0 Å². The van der Waals surface area contributed by atoms with E-state index in [2.05, 4.69) is 43.4 Å². The van der Waals surface area contributed by atoms with Crippen LogP contribution in [0.15, 0.2) is 24.3 Å². The van der Waals surface area contributed by atoms with Crippen LogP contribution >= 0.6 is 0 Å². The summed E-state index contributed by atoms with van der Waals surface area (Å²) in [5, 5.41) is 3.97. The number of hydrogen-bond donors (Lipinski definition) is 1. The van der Waals surface area contributed by atoms with Gasteiger partial charge in [-0.15, -0.1) is 0 Å². The highest BCUT2D eigenvalue weighted by Crippen LogP contribution is 2.36. The van der Waals surface area contributed by atoms with E-state index in [0.717, 1.165) is 18.3 Å². The summed E-state index contributed by atoms with van der Waals surface area (Å²) in [6.07, 6.45) is 6.88. The Kier molecular flexibility index (Phi) is 4.30. The molecular weight excluding hydrogens is 246 g/mol. The van der Waals surface area contributed by atoms with E-state index < -0.39 is 0 Å². The Hall–Kier alpha value is -1.02. The minimum atomic E-state index is 0.450. The van der Waals surface area contributed by atoms with Gasteiger partial charge in [0.15, 0.2) is 0 Å². The molecule has 1 aromatic rings. The smallest absolute Gasteiger partial charge is 0.124 e. The molecule has 20 heavy (non-hydrogen) atoms. The van der Waals surface area contributed by atoms with Gasteiger partial charge in [0.2, 0.25) is 0 Å². The maximum Gasteiger partial charge on any atom is 0.124 e. The molecule has 2 nitrogen and oxygen atoms in total. The first kappa shape index (κ1) is 13.9. The minimum absolute atomic E-state index is 0.450. The van der Waals surface area contributed by atoms with Gasteiger partial charge in [-0.1, -0.05) is 51.3 Å². The molecule has 1 heterocycles. The van der Waals surface area contributed by atoms with Gasteiger partial charge in [0.1, 0.15) is 5.75 Å². The molecule has 0 amide bonds. The number of fused-ring (bicyclic) bond motifs is 1. The molecule has 1 aliphatic heterocycles. The number of ether oxygens (including phenoxy) is 1. The molecule has 1 aromatic carbocycles. The van der Waals surface area contributed by atoms with Crippen LogP contribution in [0.25, 0.3) is 0 Å². The Morgan fingerprint density at radius 2 is 1.80 bits per heavy atom. The zero-order valence-electron chi connectivity index (χ0n) is 12.8. The van der Waals surface area contributed by atoms with E-state index in [-0.39, 0.29) is 0 Å². The zero-order chi connectivity index (χ0) is 13.9. The van der Waals surface area contributed by atoms with Crippen molar-refractivity contribution in [3.8, 4) is 5.75 Å². The molecule has 0 bridgehead atoms. The molecule has 1 aliphatic carbocycles. The third-order valence-electron chi connectivity index (χ3n) is 5.08. The van der Waals surface area contributed by atoms with Crippen molar-refractivity contribution in [2.24, 2.45) is 11.8 Å². The van der Waals surface area contributed by atoms with Gasteiger partial charge in [-0.05, 0) is 24.8 Å². The van der Waals surface area contributed by atoms with Gasteiger partial charge in [-0.2, -0.15) is 0 Å². The van der Waals surface area contributed by atoms with Crippen molar-refractivity contribution < 1.29 is 4.74 Å². The zero-order valence-corrected chi connectivity index (χ0v) is 12.8. The Morgan fingerprint density at radius 3 is 2.70 bits per heavy atom. The lowest BCUT2D eigenvalue weighted by atomic mass is 9.88. The lowest BCUT2D eigenvalue weighted by Gasteiger charge is -2.36. The van der Waals surface area contributed by atoms with Crippen LogP contribution in [0.5, 0.6) is 5.75 Å². The summed E-state index contributed by atoms with van der Waals surface area (Å²) in [4.78, 5) is 0. The second-order valence-corrected chi connectivity index (χ2v) is 6.69. The van der Waals surface area contributed by atoms with Crippen molar-refractivity contribution >= 4 is 0 Å². The van der Waals surface area contributed by atoms with Gasteiger partial charge in [-0.3, -0.25) is 0 Å². The monoisotopic (exact) mass is 273 g/mol. The fourth-order valence-electron chi connectivity index (χ4n) is 3.72. The van der Waals surface area contributed by atoms with Gasteiger partial charge < -0.3 is 10.1 Å². The normalized spacial score (nSPS) is 33.9. The van der Waals surface area contributed by atoms with Crippen molar-refractivity contribution in [2.45, 2.75) is 58.0 Å². The van der Waals surface area contributed by atoms with Crippen LogP contribution in [0.1, 0.15) is 57.6 Å². The highest BCUT2D eigenvalue weighted by molar-refractivity contribution is 5.38. The van der Waals surface area contributed by atoms with Gasteiger partial charge >= 0.3 is 0 Å². The van der Waals surface area contributed by atoms with Crippen LogP contribution in [0.3, 0.4) is 0 Å². The van der Waals surface area contributed by atoms with Crippen LogP contribution in [0.2, 0.25) is 0 Å². The lowest BCUT2D eigenvalue weighted by molar-refractivity contribution is 0.169. The van der Waals surface area contributed by atoms with Gasteiger partial charge in [0.25, 0.3) is 0 Å². The quantitative estimate of drug-likeness (QED) is 0.811. The summed E-state index contributed by atoms with van der Waals surface area (Å²) in [5.41, 5.74) is 1.35. The highest BCUT2D eigenvalue weighted by atomic mass is 16.5. The van der Waals surface area contributed by atoms with Gasteiger partial charge in [0, 0.05) is 23.6 Å². The standard InChI is InChI=1S/C18H27NO/c1-13-8-4-3-5-10-16(13)19-18-14(2)12-20-17-11-7-6-9-15(17)18/h6-7,9,11,13-14,16,18-19H,3-5,8,10,12H2,1-2H3. The van der Waals surface area contributed by atoms with Gasteiger partial charge in [-0.25, -0.2) is 0 Å². The SMILES string of the molecule is CC1CCCCCC1NC1c2ccccc2OCC1C. The molecule has 0 spiro atoms. The molecule has 3 rings (SSSR count). The highest BCUT2D eigenvalue weighted by Gasteiger charge is 2.31. The van der Waals surface area contributed by atoms with Crippen molar-refractivity contribution in [3.05, 3.63) is 29.8 Å². The topological polar surface area (TPSA) is 21.3 Å². The number of nitrogens with one attached hydrogen (secondary N) is 1. The molecular formula is C18H27NO. The van der Waals surface area contributed by atoms with Crippen LogP contribution < -0.4 is 10.1 Å². The minimum Gasteiger partial charge on any atom is -0.493 e. The molecule has 2 aliphatic rings. The number of para-hydroxylation sites is 1. The third kappa shape index (κ3) is 2.85. The Balaban J connectivity index is 1.78. The summed E-state index contributed by atoms with van der Waals surface area (Å²) >= 11 is 0. The molecule has 110 valence electrons. The average molecular weight is 273 g/mol.